The maximum Gasteiger partial charge on any atom is 0.258 e. The number of aliphatic hydroxyl groups is 2. The van der Waals surface area contributed by atoms with Crippen LogP contribution in [0, 0.1) is 12.8 Å². The molecule has 0 unspecified atom stereocenters. The summed E-state index contributed by atoms with van der Waals surface area (Å²) in [6, 6.07) is 10.4. The summed E-state index contributed by atoms with van der Waals surface area (Å²) < 4.78 is 11.6. The fourth-order valence-corrected chi connectivity index (χ4v) is 4.21. The second kappa shape index (κ2) is 14.2. The van der Waals surface area contributed by atoms with E-state index in [4.69, 9.17) is 19.4 Å². The van der Waals surface area contributed by atoms with Crippen LogP contribution in [0.5, 0.6) is 5.75 Å². The first kappa shape index (κ1) is 30.3. The van der Waals surface area contributed by atoms with Crippen molar-refractivity contribution in [1.82, 2.24) is 20.8 Å². The molecule has 0 spiro atoms. The fraction of sp³-hybridized carbons (Fsp3) is 0.500. The lowest BCUT2D eigenvalue weighted by molar-refractivity contribution is -0.124. The van der Waals surface area contributed by atoms with E-state index in [1.807, 2.05) is 26.0 Å². The summed E-state index contributed by atoms with van der Waals surface area (Å²) in [4.78, 5) is 15.9. The normalized spacial score (nSPS) is 12.3. The molecule has 0 aliphatic heterocycles. The summed E-state index contributed by atoms with van der Waals surface area (Å²) in [7, 11) is 0. The van der Waals surface area contributed by atoms with Gasteiger partial charge in [0.2, 0.25) is 11.7 Å². The Morgan fingerprint density at radius 3 is 2.51 bits per heavy atom. The topological polar surface area (TPSA) is 130 Å². The first-order valence-corrected chi connectivity index (χ1v) is 13.6. The van der Waals surface area contributed by atoms with E-state index >= 15 is 0 Å². The van der Waals surface area contributed by atoms with Gasteiger partial charge in [0.1, 0.15) is 25.1 Å². The van der Waals surface area contributed by atoms with Gasteiger partial charge in [0.25, 0.3) is 5.89 Å². The van der Waals surface area contributed by atoms with E-state index in [1.165, 1.54) is 11.1 Å². The summed E-state index contributed by atoms with van der Waals surface area (Å²) in [5, 5.41) is 29.2. The maximum absolute atomic E-state index is 11.2. The molecule has 0 saturated heterocycles. The highest BCUT2D eigenvalue weighted by atomic mass is 16.5. The quantitative estimate of drug-likeness (QED) is 0.242. The van der Waals surface area contributed by atoms with Crippen molar-refractivity contribution in [3.63, 3.8) is 0 Å². The van der Waals surface area contributed by atoms with Crippen LogP contribution in [0.3, 0.4) is 0 Å². The Kier molecular flexibility index (Phi) is 11.0. The molecule has 0 fully saturated rings. The molecular weight excluding hydrogens is 496 g/mol. The Morgan fingerprint density at radius 2 is 1.85 bits per heavy atom. The van der Waals surface area contributed by atoms with Crippen molar-refractivity contribution < 1.29 is 24.3 Å². The van der Waals surface area contributed by atoms with Crippen LogP contribution in [0.25, 0.3) is 22.8 Å². The van der Waals surface area contributed by atoms with Gasteiger partial charge < -0.3 is 30.1 Å². The third kappa shape index (κ3) is 8.61. The predicted molar refractivity (Wildman–Crippen MR) is 152 cm³/mol. The lowest BCUT2D eigenvalue weighted by Crippen LogP contribution is -2.36. The highest BCUT2D eigenvalue weighted by molar-refractivity contribution is 5.76. The van der Waals surface area contributed by atoms with E-state index < -0.39 is 18.6 Å². The molecule has 0 saturated carbocycles. The lowest BCUT2D eigenvalue weighted by Gasteiger charge is -2.17. The lowest BCUT2D eigenvalue weighted by atomic mass is 9.97. The molecule has 0 aliphatic rings. The second-order valence-corrected chi connectivity index (χ2v) is 10.6. The number of hydrogen-bond acceptors (Lipinski definition) is 8. The van der Waals surface area contributed by atoms with Gasteiger partial charge >= 0.3 is 0 Å². The molecule has 9 heteroatoms. The first-order chi connectivity index (χ1) is 18.6. The van der Waals surface area contributed by atoms with Crippen molar-refractivity contribution in [2.24, 2.45) is 5.92 Å². The second-order valence-electron chi connectivity index (χ2n) is 10.6. The van der Waals surface area contributed by atoms with Gasteiger partial charge in [-0.05, 0) is 78.2 Å². The molecule has 0 aliphatic carbocycles. The molecule has 1 amide bonds. The largest absolute Gasteiger partial charge is 0.490 e. The van der Waals surface area contributed by atoms with Gasteiger partial charge in [0.05, 0.1) is 0 Å². The number of aryl methyl sites for hydroxylation is 2. The molecular formula is C30H42N4O5. The SMILES string of the molecule is CCc1cc(-c2noc(-c3cc(CNCC(C)C)cc(C(C)C)c3)n2)cc(C)c1OC[C@@H](O)CNC(=O)CO. The third-order valence-electron chi connectivity index (χ3n) is 6.33. The Morgan fingerprint density at radius 1 is 1.08 bits per heavy atom. The van der Waals surface area contributed by atoms with E-state index in [-0.39, 0.29) is 13.2 Å². The van der Waals surface area contributed by atoms with Gasteiger partial charge in [-0.3, -0.25) is 4.79 Å². The van der Waals surface area contributed by atoms with Crippen LogP contribution in [0.1, 0.15) is 62.8 Å². The van der Waals surface area contributed by atoms with Crippen LogP contribution in [0.4, 0.5) is 0 Å². The van der Waals surface area contributed by atoms with Gasteiger partial charge in [0, 0.05) is 24.2 Å². The summed E-state index contributed by atoms with van der Waals surface area (Å²) in [5.74, 6) is 2.05. The number of amides is 1. The Labute approximate surface area is 231 Å². The molecule has 2 aromatic carbocycles. The molecule has 212 valence electrons. The van der Waals surface area contributed by atoms with Crippen LogP contribution in [-0.4, -0.2) is 58.7 Å². The van der Waals surface area contributed by atoms with Crippen molar-refractivity contribution in [2.75, 3.05) is 26.3 Å². The van der Waals surface area contributed by atoms with Crippen molar-refractivity contribution in [2.45, 2.75) is 66.5 Å². The van der Waals surface area contributed by atoms with Crippen LogP contribution in [-0.2, 0) is 17.8 Å². The average molecular weight is 539 g/mol. The molecule has 3 rings (SSSR count). The maximum atomic E-state index is 11.2. The number of nitrogens with zero attached hydrogens (tertiary/aromatic N) is 2. The zero-order chi connectivity index (χ0) is 28.5. The van der Waals surface area contributed by atoms with Gasteiger partial charge in [-0.1, -0.05) is 45.8 Å². The number of carbonyl (C=O) groups excluding carboxylic acids is 1. The number of nitrogens with one attached hydrogen (secondary N) is 2. The van der Waals surface area contributed by atoms with Crippen LogP contribution in [0.15, 0.2) is 34.9 Å². The number of aliphatic hydroxyl groups excluding tert-OH is 2. The van der Waals surface area contributed by atoms with Crippen LogP contribution >= 0.6 is 0 Å². The zero-order valence-electron chi connectivity index (χ0n) is 23.9. The number of benzene rings is 2. The summed E-state index contributed by atoms with van der Waals surface area (Å²) in [5.41, 5.74) is 5.95. The molecule has 1 heterocycles. The number of carbonyl (C=O) groups is 1. The molecule has 1 atom stereocenters. The van der Waals surface area contributed by atoms with E-state index in [1.54, 1.807) is 0 Å². The molecule has 1 aromatic heterocycles. The monoisotopic (exact) mass is 538 g/mol. The number of ether oxygens (including phenoxy) is 1. The minimum Gasteiger partial charge on any atom is -0.490 e. The Balaban J connectivity index is 1.81. The first-order valence-electron chi connectivity index (χ1n) is 13.6. The van der Waals surface area contributed by atoms with Gasteiger partial charge in [-0.2, -0.15) is 4.98 Å². The number of hydrogen-bond donors (Lipinski definition) is 4. The molecule has 0 radical (unpaired) electrons. The molecule has 4 N–H and O–H groups in total. The van der Waals surface area contributed by atoms with Crippen LogP contribution in [0.2, 0.25) is 0 Å². The van der Waals surface area contributed by atoms with E-state index in [0.29, 0.717) is 35.7 Å². The minimum atomic E-state index is -0.906. The third-order valence-corrected chi connectivity index (χ3v) is 6.33. The summed E-state index contributed by atoms with van der Waals surface area (Å²) in [6.45, 7) is 13.8. The molecule has 9 nitrogen and oxygen atoms in total. The Hall–Kier alpha value is -3.27. The molecule has 0 bridgehead atoms. The van der Waals surface area contributed by atoms with E-state index in [0.717, 1.165) is 35.3 Å². The molecule has 39 heavy (non-hydrogen) atoms. The van der Waals surface area contributed by atoms with E-state index in [2.05, 4.69) is 61.7 Å². The summed E-state index contributed by atoms with van der Waals surface area (Å²) in [6.07, 6.45) is -0.203. The number of rotatable bonds is 14. The van der Waals surface area contributed by atoms with Gasteiger partial charge in [-0.15, -0.1) is 0 Å². The van der Waals surface area contributed by atoms with Gasteiger partial charge in [0.15, 0.2) is 0 Å². The summed E-state index contributed by atoms with van der Waals surface area (Å²) >= 11 is 0. The zero-order valence-corrected chi connectivity index (χ0v) is 23.9. The average Bonchev–Trinajstić information content (AvgIpc) is 3.40. The Bertz CT molecular complexity index is 1240. The van der Waals surface area contributed by atoms with Crippen molar-refractivity contribution >= 4 is 5.91 Å². The fourth-order valence-electron chi connectivity index (χ4n) is 4.21. The smallest absolute Gasteiger partial charge is 0.258 e. The standard InChI is InChI=1S/C30H42N4O5/c1-7-22-11-24(8-20(6)28(22)38-17-26(36)15-32-27(37)16-35)29-33-30(39-34-29)25-10-21(14-31-13-18(2)3)9-23(12-25)19(4)5/h8-12,18-19,26,31,35-36H,7,13-17H2,1-6H3,(H,32,37)/t26-/m0/s1. The highest BCUT2D eigenvalue weighted by Crippen LogP contribution is 2.32. The van der Waals surface area contributed by atoms with Crippen LogP contribution < -0.4 is 15.4 Å². The minimum absolute atomic E-state index is 0.00285. The van der Waals surface area contributed by atoms with Crippen molar-refractivity contribution in [3.05, 3.63) is 52.6 Å². The highest BCUT2D eigenvalue weighted by Gasteiger charge is 2.17. The van der Waals surface area contributed by atoms with E-state index in [9.17, 15) is 9.90 Å². The number of aromatic nitrogens is 2. The van der Waals surface area contributed by atoms with Crippen molar-refractivity contribution in [3.8, 4) is 28.6 Å². The van der Waals surface area contributed by atoms with Gasteiger partial charge in [-0.25, -0.2) is 0 Å². The van der Waals surface area contributed by atoms with Crippen molar-refractivity contribution in [1.29, 1.82) is 0 Å². The molecule has 3 aromatic rings. The predicted octanol–water partition coefficient (Wildman–Crippen LogP) is 3.99.